The zero-order valence-electron chi connectivity index (χ0n) is 40.5. The molecule has 0 aliphatic rings. The van der Waals surface area contributed by atoms with Crippen molar-refractivity contribution in [3.05, 3.63) is 97.2 Å². The Kier molecular flexibility index (Phi) is 47.8. The van der Waals surface area contributed by atoms with E-state index in [1.54, 1.807) is 0 Å². The van der Waals surface area contributed by atoms with Crippen molar-refractivity contribution in [1.82, 2.24) is 0 Å². The van der Waals surface area contributed by atoms with Gasteiger partial charge in [-0.2, -0.15) is 0 Å². The minimum absolute atomic E-state index is 0.0196. The summed E-state index contributed by atoms with van der Waals surface area (Å²) in [5.74, 6) is -0.442. The van der Waals surface area contributed by atoms with Gasteiger partial charge < -0.3 is 24.6 Å². The molecular weight excluding hydrogens is 824 g/mol. The summed E-state index contributed by atoms with van der Waals surface area (Å²) >= 11 is 0. The normalized spacial score (nSPS) is 14.6. The van der Waals surface area contributed by atoms with Gasteiger partial charge >= 0.3 is 13.8 Å². The number of carbonyl (C=O) groups excluding carboxylic acids is 1. The molecule has 0 heterocycles. The number of carbonyl (C=O) groups is 1. The van der Waals surface area contributed by atoms with Gasteiger partial charge in [0.15, 0.2) is 0 Å². The van der Waals surface area contributed by atoms with E-state index < -0.39 is 45.8 Å². The van der Waals surface area contributed by atoms with E-state index in [0.29, 0.717) is 13.0 Å². The molecule has 0 aliphatic heterocycles. The maximum atomic E-state index is 12.7. The highest BCUT2D eigenvalue weighted by Crippen LogP contribution is 2.43. The molecule has 0 aromatic rings. The van der Waals surface area contributed by atoms with Gasteiger partial charge in [0.2, 0.25) is 0 Å². The molecule has 0 saturated heterocycles. The Morgan fingerprint density at radius 1 is 0.500 bits per heavy atom. The average molecular weight is 917 g/mol. The first-order valence-electron chi connectivity index (χ1n) is 25.2. The molecule has 0 rings (SSSR count). The molecule has 9 nitrogen and oxygen atoms in total. The second kappa shape index (κ2) is 49.8. The van der Waals surface area contributed by atoms with E-state index in [9.17, 15) is 19.4 Å². The van der Waals surface area contributed by atoms with Gasteiger partial charge in [-0.3, -0.25) is 13.8 Å². The zero-order valence-corrected chi connectivity index (χ0v) is 41.4. The van der Waals surface area contributed by atoms with Crippen LogP contribution in [0.5, 0.6) is 0 Å². The van der Waals surface area contributed by atoms with E-state index in [-0.39, 0.29) is 13.0 Å². The van der Waals surface area contributed by atoms with Crippen LogP contribution in [0.2, 0.25) is 0 Å². The number of ether oxygens (including phenoxy) is 2. The van der Waals surface area contributed by atoms with Crippen LogP contribution in [0.1, 0.15) is 194 Å². The molecule has 0 saturated carbocycles. The Morgan fingerprint density at radius 2 is 0.891 bits per heavy atom. The number of unbranched alkanes of at least 4 members (excludes halogenated alkanes) is 17. The molecule has 0 aromatic heterocycles. The molecule has 10 heteroatoms. The van der Waals surface area contributed by atoms with E-state index in [1.807, 2.05) is 0 Å². The number of aliphatic hydroxyl groups is 2. The van der Waals surface area contributed by atoms with Crippen LogP contribution in [-0.4, -0.2) is 66.3 Å². The average Bonchev–Trinajstić information content (AvgIpc) is 3.29. The number of esters is 1. The molecule has 0 amide bonds. The molecule has 3 atom stereocenters. The zero-order chi connectivity index (χ0) is 46.7. The Morgan fingerprint density at radius 3 is 1.36 bits per heavy atom. The largest absolute Gasteiger partial charge is 0.472 e. The summed E-state index contributed by atoms with van der Waals surface area (Å²) in [5, 5.41) is 18.4. The molecule has 0 radical (unpaired) electrons. The lowest BCUT2D eigenvalue weighted by Gasteiger charge is -2.20. The number of allylic oxidation sites excluding steroid dienone is 16. The summed E-state index contributed by atoms with van der Waals surface area (Å²) in [7, 11) is -4.55. The molecule has 0 aliphatic carbocycles. The summed E-state index contributed by atoms with van der Waals surface area (Å²) in [4.78, 5) is 22.7. The monoisotopic (exact) mass is 917 g/mol. The number of phosphoric ester groups is 1. The molecule has 0 bridgehead atoms. The van der Waals surface area contributed by atoms with Crippen molar-refractivity contribution in [2.45, 2.75) is 206 Å². The first-order chi connectivity index (χ1) is 31.3. The van der Waals surface area contributed by atoms with E-state index in [2.05, 4.69) is 111 Å². The van der Waals surface area contributed by atoms with Crippen LogP contribution in [0.4, 0.5) is 0 Å². The quantitative estimate of drug-likeness (QED) is 0.0236. The smallest absolute Gasteiger partial charge is 0.457 e. The van der Waals surface area contributed by atoms with Crippen LogP contribution in [0.15, 0.2) is 97.2 Å². The van der Waals surface area contributed by atoms with E-state index in [4.69, 9.17) is 23.6 Å². The first kappa shape index (κ1) is 61.4. The van der Waals surface area contributed by atoms with E-state index in [1.165, 1.54) is 96.3 Å². The highest BCUT2D eigenvalue weighted by molar-refractivity contribution is 7.47. The topological polar surface area (TPSA) is 132 Å². The van der Waals surface area contributed by atoms with Gasteiger partial charge in [0.05, 0.1) is 26.4 Å². The van der Waals surface area contributed by atoms with Gasteiger partial charge in [-0.25, -0.2) is 4.57 Å². The number of rotatable bonds is 47. The van der Waals surface area contributed by atoms with Crippen LogP contribution in [0.3, 0.4) is 0 Å². The molecule has 3 N–H and O–H groups in total. The fourth-order valence-corrected chi connectivity index (χ4v) is 7.25. The Labute approximate surface area is 391 Å². The summed E-state index contributed by atoms with van der Waals surface area (Å²) in [5.41, 5.74) is 0. The third-order valence-corrected chi connectivity index (χ3v) is 11.2. The van der Waals surface area contributed by atoms with Crippen molar-refractivity contribution in [3.63, 3.8) is 0 Å². The predicted octanol–water partition coefficient (Wildman–Crippen LogP) is 14.8. The highest BCUT2D eigenvalue weighted by atomic mass is 31.2. The SMILES string of the molecule is CC/C=C\C/C=C\C/C=C\C/C=C\C/C=C\C/C=C\C/C=C\CCCC(=O)OC(COCCCCCCCCCCCC/C=C\CCCCCCCC)COP(=O)(O)OCC(O)CO. The van der Waals surface area contributed by atoms with Gasteiger partial charge in [0.1, 0.15) is 12.2 Å². The highest BCUT2D eigenvalue weighted by Gasteiger charge is 2.26. The van der Waals surface area contributed by atoms with Gasteiger partial charge in [-0.05, 0) is 89.9 Å². The second-order valence-corrected chi connectivity index (χ2v) is 17.9. The summed E-state index contributed by atoms with van der Waals surface area (Å²) < 4.78 is 33.4. The fraction of sp³-hybridized carbons (Fsp3) is 0.685. The van der Waals surface area contributed by atoms with Gasteiger partial charge in [-0.15, -0.1) is 0 Å². The number of aliphatic hydroxyl groups excluding tert-OH is 2. The van der Waals surface area contributed by atoms with Gasteiger partial charge in [0.25, 0.3) is 0 Å². The van der Waals surface area contributed by atoms with Crippen LogP contribution in [0.25, 0.3) is 0 Å². The maximum absolute atomic E-state index is 12.7. The lowest BCUT2D eigenvalue weighted by Crippen LogP contribution is -2.29. The van der Waals surface area contributed by atoms with Crippen LogP contribution < -0.4 is 0 Å². The minimum atomic E-state index is -4.55. The Bertz CT molecular complexity index is 1320. The molecule has 3 unspecified atom stereocenters. The standard InChI is InChI=1S/C54H93O9P/c1-3-5-7-9-11-13-15-17-19-21-23-25-26-27-28-30-32-34-36-38-40-42-44-46-54(57)63-53(51-62-64(58,59)61-49-52(56)48-55)50-60-47-45-43-41-39-37-35-33-31-29-24-22-20-18-16-14-12-10-8-6-4-2/h5,7,11,13,17-20,23,25,27-28,32,34,38,40,52-53,55-56H,3-4,6,8-10,12,14-16,21-22,24,26,29-31,33,35-37,39,41-51H2,1-2H3,(H,58,59)/b7-5-,13-11-,19-17-,20-18-,25-23-,28-27-,34-32-,40-38-. The molecule has 0 fully saturated rings. The fourth-order valence-electron chi connectivity index (χ4n) is 6.46. The molecular formula is C54H93O9P. The Hall–Kier alpha value is -2.62. The van der Waals surface area contributed by atoms with E-state index >= 15 is 0 Å². The van der Waals surface area contributed by atoms with E-state index in [0.717, 1.165) is 70.6 Å². The molecule has 368 valence electrons. The van der Waals surface area contributed by atoms with Crippen molar-refractivity contribution in [2.24, 2.45) is 0 Å². The third-order valence-electron chi connectivity index (χ3n) is 10.3. The maximum Gasteiger partial charge on any atom is 0.472 e. The Balaban J connectivity index is 4.23. The van der Waals surface area contributed by atoms with Crippen molar-refractivity contribution < 1.29 is 43.0 Å². The molecule has 0 aromatic carbocycles. The summed E-state index contributed by atoms with van der Waals surface area (Å²) in [6.45, 7) is 3.32. The third kappa shape index (κ3) is 48.8. The lowest BCUT2D eigenvalue weighted by atomic mass is 10.1. The summed E-state index contributed by atoms with van der Waals surface area (Å²) in [6, 6.07) is 0. The van der Waals surface area contributed by atoms with Crippen LogP contribution >= 0.6 is 7.82 Å². The number of hydrogen-bond donors (Lipinski definition) is 3. The molecule has 64 heavy (non-hydrogen) atoms. The number of hydrogen-bond acceptors (Lipinski definition) is 8. The predicted molar refractivity (Wildman–Crippen MR) is 269 cm³/mol. The summed E-state index contributed by atoms with van der Waals surface area (Å²) in [6.07, 6.45) is 63.8. The number of phosphoric acid groups is 1. The van der Waals surface area contributed by atoms with Crippen molar-refractivity contribution >= 4 is 13.8 Å². The van der Waals surface area contributed by atoms with Crippen molar-refractivity contribution in [2.75, 3.05) is 33.0 Å². The van der Waals surface area contributed by atoms with Crippen LogP contribution in [-0.2, 0) is 27.9 Å². The molecule has 0 spiro atoms. The second-order valence-electron chi connectivity index (χ2n) is 16.4. The first-order valence-corrected chi connectivity index (χ1v) is 26.7. The van der Waals surface area contributed by atoms with Crippen molar-refractivity contribution in [3.8, 4) is 0 Å². The van der Waals surface area contributed by atoms with Crippen LogP contribution in [0, 0.1) is 0 Å². The lowest BCUT2D eigenvalue weighted by molar-refractivity contribution is -0.154. The van der Waals surface area contributed by atoms with Gasteiger partial charge in [-0.1, -0.05) is 195 Å². The van der Waals surface area contributed by atoms with Gasteiger partial charge in [0, 0.05) is 13.0 Å². The van der Waals surface area contributed by atoms with Crippen molar-refractivity contribution in [1.29, 1.82) is 0 Å². The minimum Gasteiger partial charge on any atom is -0.457 e.